The lowest BCUT2D eigenvalue weighted by molar-refractivity contribution is 0.0522. The molecule has 1 aliphatic rings. The molecule has 170 valence electrons. The van der Waals surface area contributed by atoms with E-state index < -0.39 is 5.60 Å². The number of carbonyl (C=O) groups excluding carboxylic acids is 1. The highest BCUT2D eigenvalue weighted by Crippen LogP contribution is 2.30. The van der Waals surface area contributed by atoms with Gasteiger partial charge in [0.15, 0.2) is 0 Å². The number of hydrogen-bond donors (Lipinski definition) is 1. The third-order valence-corrected chi connectivity index (χ3v) is 6.05. The summed E-state index contributed by atoms with van der Waals surface area (Å²) >= 11 is 6.49. The van der Waals surface area contributed by atoms with Crippen molar-refractivity contribution in [3.63, 3.8) is 0 Å². The van der Waals surface area contributed by atoms with E-state index in [4.69, 9.17) is 21.3 Å². The second-order valence-corrected chi connectivity index (χ2v) is 9.71. The first kappa shape index (κ1) is 22.5. The number of benzene rings is 2. The van der Waals surface area contributed by atoms with Gasteiger partial charge in [-0.25, -0.2) is 9.78 Å². The first-order valence-electron chi connectivity index (χ1n) is 11.2. The summed E-state index contributed by atoms with van der Waals surface area (Å²) in [6.45, 7) is 7.67. The fourth-order valence-electron chi connectivity index (χ4n) is 4.23. The van der Waals surface area contributed by atoms with E-state index in [2.05, 4.69) is 26.9 Å². The number of anilines is 1. The Bertz CT molecular complexity index is 1090. The SMILES string of the molecule is CC(C)(C)OC(=O)NCC1CCCCN1c1nc2ccccc2n1Cc1ccccc1Cl. The second kappa shape index (κ2) is 9.41. The molecular formula is C25H31ClN4O2. The predicted molar refractivity (Wildman–Crippen MR) is 130 cm³/mol. The van der Waals surface area contributed by atoms with Crippen LogP contribution in [0.2, 0.25) is 5.02 Å². The van der Waals surface area contributed by atoms with Crippen LogP contribution in [0.5, 0.6) is 0 Å². The lowest BCUT2D eigenvalue weighted by Crippen LogP contribution is -2.48. The van der Waals surface area contributed by atoms with Gasteiger partial charge in [0.1, 0.15) is 5.60 Å². The van der Waals surface area contributed by atoms with Crippen molar-refractivity contribution in [3.8, 4) is 0 Å². The van der Waals surface area contributed by atoms with Gasteiger partial charge in [0.05, 0.1) is 17.6 Å². The van der Waals surface area contributed by atoms with Gasteiger partial charge >= 0.3 is 6.09 Å². The van der Waals surface area contributed by atoms with Gasteiger partial charge < -0.3 is 19.5 Å². The normalized spacial score (nSPS) is 16.9. The Hall–Kier alpha value is -2.73. The van der Waals surface area contributed by atoms with Gasteiger partial charge in [0.2, 0.25) is 5.95 Å². The Labute approximate surface area is 194 Å². The van der Waals surface area contributed by atoms with Crippen LogP contribution in [0, 0.1) is 0 Å². The minimum absolute atomic E-state index is 0.151. The largest absolute Gasteiger partial charge is 0.444 e. The molecule has 0 saturated carbocycles. The molecule has 7 heteroatoms. The molecule has 1 aliphatic heterocycles. The number of nitrogens with zero attached hydrogens (tertiary/aromatic N) is 3. The molecule has 0 spiro atoms. The number of imidazole rings is 1. The minimum atomic E-state index is -0.515. The van der Waals surface area contributed by atoms with Crippen LogP contribution in [0.1, 0.15) is 45.6 Å². The van der Waals surface area contributed by atoms with E-state index in [1.807, 2.05) is 57.2 Å². The van der Waals surface area contributed by atoms with Crippen LogP contribution < -0.4 is 10.2 Å². The fourth-order valence-corrected chi connectivity index (χ4v) is 4.42. The molecular weight excluding hydrogens is 424 g/mol. The molecule has 1 fully saturated rings. The minimum Gasteiger partial charge on any atom is -0.444 e. The van der Waals surface area contributed by atoms with E-state index in [1.54, 1.807) is 0 Å². The van der Waals surface area contributed by atoms with Crippen LogP contribution in [-0.4, -0.2) is 40.4 Å². The van der Waals surface area contributed by atoms with Gasteiger partial charge in [-0.15, -0.1) is 0 Å². The van der Waals surface area contributed by atoms with Gasteiger partial charge in [-0.2, -0.15) is 0 Å². The summed E-state index contributed by atoms with van der Waals surface area (Å²) in [6, 6.07) is 16.3. The van der Waals surface area contributed by atoms with Crippen molar-refractivity contribution in [1.29, 1.82) is 0 Å². The summed E-state index contributed by atoms with van der Waals surface area (Å²) in [7, 11) is 0. The first-order valence-corrected chi connectivity index (χ1v) is 11.6. The van der Waals surface area contributed by atoms with Crippen molar-refractivity contribution in [2.45, 2.75) is 58.2 Å². The van der Waals surface area contributed by atoms with Crippen molar-refractivity contribution in [2.24, 2.45) is 0 Å². The van der Waals surface area contributed by atoms with Crippen molar-refractivity contribution >= 4 is 34.7 Å². The number of aromatic nitrogens is 2. The Morgan fingerprint density at radius 1 is 1.16 bits per heavy atom. The van der Waals surface area contributed by atoms with Gasteiger partial charge in [-0.05, 0) is 63.8 Å². The summed E-state index contributed by atoms with van der Waals surface area (Å²) in [6.07, 6.45) is 2.83. The number of alkyl carbamates (subject to hydrolysis) is 1. The average molecular weight is 455 g/mol. The molecule has 2 aromatic carbocycles. The van der Waals surface area contributed by atoms with Crippen LogP contribution >= 0.6 is 11.6 Å². The third-order valence-electron chi connectivity index (χ3n) is 5.69. The summed E-state index contributed by atoms with van der Waals surface area (Å²) in [5.41, 5.74) is 2.57. The van der Waals surface area contributed by atoms with Crippen molar-refractivity contribution in [1.82, 2.24) is 14.9 Å². The van der Waals surface area contributed by atoms with Crippen LogP contribution in [0.15, 0.2) is 48.5 Å². The molecule has 1 amide bonds. The number of hydrogen-bond acceptors (Lipinski definition) is 4. The number of piperidine rings is 1. The van der Waals surface area contributed by atoms with Crippen LogP contribution in [0.4, 0.5) is 10.7 Å². The topological polar surface area (TPSA) is 59.4 Å². The number of carbonyl (C=O) groups is 1. The number of halogens is 1. The van der Waals surface area contributed by atoms with Gasteiger partial charge in [-0.3, -0.25) is 0 Å². The van der Waals surface area contributed by atoms with E-state index in [-0.39, 0.29) is 12.1 Å². The van der Waals surface area contributed by atoms with Crippen LogP contribution in [0.25, 0.3) is 11.0 Å². The van der Waals surface area contributed by atoms with Gasteiger partial charge in [0, 0.05) is 24.2 Å². The van der Waals surface area contributed by atoms with Crippen LogP contribution in [0.3, 0.4) is 0 Å². The number of ether oxygens (including phenoxy) is 1. The van der Waals surface area contributed by atoms with E-state index in [0.29, 0.717) is 13.1 Å². The summed E-state index contributed by atoms with van der Waals surface area (Å²) < 4.78 is 7.67. The molecule has 0 bridgehead atoms. The van der Waals surface area contributed by atoms with Crippen molar-refractivity contribution in [2.75, 3.05) is 18.0 Å². The van der Waals surface area contributed by atoms with E-state index in [0.717, 1.165) is 53.4 Å². The van der Waals surface area contributed by atoms with Crippen molar-refractivity contribution < 1.29 is 9.53 Å². The molecule has 1 atom stereocenters. The van der Waals surface area contributed by atoms with E-state index in [9.17, 15) is 4.79 Å². The lowest BCUT2D eigenvalue weighted by atomic mass is 10.0. The standard InChI is InChI=1S/C25H31ClN4O2/c1-25(2,3)32-24(31)27-16-19-11-8-9-15-29(19)23-28-21-13-6-7-14-22(21)30(23)17-18-10-4-5-12-20(18)26/h4-7,10,12-14,19H,8-9,11,15-17H2,1-3H3,(H,27,31). The molecule has 1 saturated heterocycles. The maximum absolute atomic E-state index is 12.2. The zero-order valence-corrected chi connectivity index (χ0v) is 19.7. The maximum Gasteiger partial charge on any atom is 0.407 e. The molecule has 3 aromatic rings. The van der Waals surface area contributed by atoms with E-state index >= 15 is 0 Å². The van der Waals surface area contributed by atoms with Gasteiger partial charge in [-0.1, -0.05) is 41.9 Å². The summed E-state index contributed by atoms with van der Waals surface area (Å²) in [5.74, 6) is 0.918. The highest BCUT2D eigenvalue weighted by Gasteiger charge is 2.28. The Morgan fingerprint density at radius 2 is 1.91 bits per heavy atom. The highest BCUT2D eigenvalue weighted by molar-refractivity contribution is 6.31. The molecule has 6 nitrogen and oxygen atoms in total. The zero-order valence-electron chi connectivity index (χ0n) is 19.0. The smallest absolute Gasteiger partial charge is 0.407 e. The number of rotatable bonds is 5. The molecule has 32 heavy (non-hydrogen) atoms. The predicted octanol–water partition coefficient (Wildman–Crippen LogP) is 5.62. The Kier molecular flexibility index (Phi) is 6.60. The number of nitrogens with one attached hydrogen (secondary N) is 1. The molecule has 0 radical (unpaired) electrons. The van der Waals surface area contributed by atoms with Gasteiger partial charge in [0.25, 0.3) is 0 Å². The quantitative estimate of drug-likeness (QED) is 0.543. The summed E-state index contributed by atoms with van der Waals surface area (Å²) in [4.78, 5) is 19.6. The fraction of sp³-hybridized carbons (Fsp3) is 0.440. The molecule has 1 aromatic heterocycles. The average Bonchev–Trinajstić information content (AvgIpc) is 3.11. The first-order chi connectivity index (χ1) is 15.3. The number of para-hydroxylation sites is 2. The Balaban J connectivity index is 1.63. The van der Waals surface area contributed by atoms with E-state index in [1.165, 1.54) is 0 Å². The second-order valence-electron chi connectivity index (χ2n) is 9.30. The highest BCUT2D eigenvalue weighted by atomic mass is 35.5. The zero-order chi connectivity index (χ0) is 22.7. The summed E-state index contributed by atoms with van der Waals surface area (Å²) in [5, 5.41) is 3.71. The molecule has 0 aliphatic carbocycles. The third kappa shape index (κ3) is 5.18. The Morgan fingerprint density at radius 3 is 2.69 bits per heavy atom. The van der Waals surface area contributed by atoms with Crippen molar-refractivity contribution in [3.05, 3.63) is 59.1 Å². The lowest BCUT2D eigenvalue weighted by Gasteiger charge is -2.37. The molecule has 1 unspecified atom stereocenters. The number of fused-ring (bicyclic) bond motifs is 1. The number of amides is 1. The molecule has 4 rings (SSSR count). The maximum atomic E-state index is 12.2. The van der Waals surface area contributed by atoms with Crippen LogP contribution in [-0.2, 0) is 11.3 Å². The molecule has 2 heterocycles. The monoisotopic (exact) mass is 454 g/mol. The molecule has 1 N–H and O–H groups in total.